The van der Waals surface area contributed by atoms with E-state index in [1.54, 1.807) is 12.3 Å². The highest BCUT2D eigenvalue weighted by molar-refractivity contribution is 6.34. The van der Waals surface area contributed by atoms with Crippen LogP contribution in [0.15, 0.2) is 36.7 Å². The van der Waals surface area contributed by atoms with E-state index in [0.29, 0.717) is 0 Å². The molecule has 4 nitrogen and oxygen atoms in total. The monoisotopic (exact) mass is 371 g/mol. The Labute approximate surface area is 148 Å². The van der Waals surface area contributed by atoms with Crippen LogP contribution in [-0.4, -0.2) is 24.0 Å². The predicted octanol–water partition coefficient (Wildman–Crippen LogP) is 4.85. The quantitative estimate of drug-likeness (QED) is 0.817. The number of benzene rings is 1. The lowest BCUT2D eigenvalue weighted by molar-refractivity contribution is -0.137. The Morgan fingerprint density at radius 2 is 1.88 bits per heavy atom. The Hall–Kier alpha value is -2.28. The number of alkyl halides is 3. The number of nitrogens with zero attached hydrogens (tertiary/aromatic N) is 2. The number of amides is 1. The van der Waals surface area contributed by atoms with E-state index >= 15 is 0 Å². The van der Waals surface area contributed by atoms with Crippen molar-refractivity contribution in [2.24, 2.45) is 0 Å². The van der Waals surface area contributed by atoms with E-state index in [1.807, 2.05) is 18.7 Å². The van der Waals surface area contributed by atoms with Crippen LogP contribution in [-0.2, 0) is 6.18 Å². The van der Waals surface area contributed by atoms with Crippen molar-refractivity contribution in [1.29, 1.82) is 0 Å². The fourth-order valence-electron chi connectivity index (χ4n) is 2.31. The van der Waals surface area contributed by atoms with Crippen molar-refractivity contribution in [2.75, 3.05) is 23.3 Å². The molecule has 0 saturated carbocycles. The molecule has 0 radical (unpaired) electrons. The summed E-state index contributed by atoms with van der Waals surface area (Å²) in [4.78, 5) is 18.4. The maximum atomic E-state index is 12.8. The van der Waals surface area contributed by atoms with E-state index in [9.17, 15) is 18.0 Å². The van der Waals surface area contributed by atoms with Crippen molar-refractivity contribution < 1.29 is 18.0 Å². The van der Waals surface area contributed by atoms with Crippen LogP contribution in [0.2, 0.25) is 5.02 Å². The third-order valence-corrected chi connectivity index (χ3v) is 3.99. The maximum Gasteiger partial charge on any atom is 0.416 e. The van der Waals surface area contributed by atoms with Gasteiger partial charge in [0.2, 0.25) is 0 Å². The molecule has 0 bridgehead atoms. The van der Waals surface area contributed by atoms with Gasteiger partial charge in [0.15, 0.2) is 0 Å². The number of carbonyl (C=O) groups is 1. The molecule has 0 aliphatic rings. The molecule has 134 valence electrons. The first-order valence-corrected chi connectivity index (χ1v) is 8.02. The number of pyridine rings is 1. The van der Waals surface area contributed by atoms with E-state index in [2.05, 4.69) is 10.3 Å². The Kier molecular flexibility index (Phi) is 5.89. The van der Waals surface area contributed by atoms with Crippen molar-refractivity contribution in [2.45, 2.75) is 20.0 Å². The number of anilines is 2. The minimum Gasteiger partial charge on any atom is -0.371 e. The van der Waals surface area contributed by atoms with Crippen LogP contribution in [0.25, 0.3) is 0 Å². The molecular weight excluding hydrogens is 355 g/mol. The first kappa shape index (κ1) is 19.1. The summed E-state index contributed by atoms with van der Waals surface area (Å²) in [6.07, 6.45) is -1.54. The highest BCUT2D eigenvalue weighted by Crippen LogP contribution is 2.34. The third kappa shape index (κ3) is 4.63. The molecule has 0 unspecified atom stereocenters. The second-order valence-corrected chi connectivity index (χ2v) is 5.66. The molecule has 0 aliphatic heterocycles. The first-order chi connectivity index (χ1) is 11.8. The Bertz CT molecular complexity index is 761. The summed E-state index contributed by atoms with van der Waals surface area (Å²) in [5, 5.41) is 2.43. The van der Waals surface area contributed by atoms with Gasteiger partial charge < -0.3 is 10.2 Å². The lowest BCUT2D eigenvalue weighted by atomic mass is 10.1. The number of halogens is 4. The van der Waals surface area contributed by atoms with Crippen LogP contribution < -0.4 is 10.2 Å². The van der Waals surface area contributed by atoms with E-state index < -0.39 is 17.6 Å². The number of carbonyl (C=O) groups excluding carboxylic acids is 1. The maximum absolute atomic E-state index is 12.8. The Balaban J connectivity index is 2.27. The lowest BCUT2D eigenvalue weighted by Gasteiger charge is -2.21. The second kappa shape index (κ2) is 7.74. The predicted molar refractivity (Wildman–Crippen MR) is 92.2 cm³/mol. The topological polar surface area (TPSA) is 45.2 Å². The van der Waals surface area contributed by atoms with Crippen LogP contribution in [0.4, 0.5) is 24.5 Å². The largest absolute Gasteiger partial charge is 0.416 e. The zero-order valence-corrected chi connectivity index (χ0v) is 14.4. The summed E-state index contributed by atoms with van der Waals surface area (Å²) in [7, 11) is 0. The number of rotatable bonds is 5. The Morgan fingerprint density at radius 3 is 2.48 bits per heavy atom. The molecule has 0 spiro atoms. The first-order valence-electron chi connectivity index (χ1n) is 7.64. The number of aromatic nitrogens is 1. The molecule has 1 N–H and O–H groups in total. The van der Waals surface area contributed by atoms with Gasteiger partial charge in [-0.3, -0.25) is 9.78 Å². The molecule has 0 saturated heterocycles. The summed E-state index contributed by atoms with van der Waals surface area (Å²) in [5.41, 5.74) is 0.00242. The van der Waals surface area contributed by atoms with Gasteiger partial charge in [0.25, 0.3) is 5.91 Å². The summed E-state index contributed by atoms with van der Waals surface area (Å²) < 4.78 is 38.4. The van der Waals surface area contributed by atoms with Crippen molar-refractivity contribution in [3.8, 4) is 0 Å². The van der Waals surface area contributed by atoms with E-state index in [0.717, 1.165) is 37.0 Å². The molecule has 0 aliphatic carbocycles. The molecule has 2 rings (SSSR count). The molecule has 25 heavy (non-hydrogen) atoms. The smallest absolute Gasteiger partial charge is 0.371 e. The van der Waals surface area contributed by atoms with Crippen LogP contribution in [0.1, 0.15) is 29.8 Å². The average Bonchev–Trinajstić information content (AvgIpc) is 2.57. The number of hydrogen-bond donors (Lipinski definition) is 1. The average molecular weight is 372 g/mol. The lowest BCUT2D eigenvalue weighted by Crippen LogP contribution is -2.22. The Morgan fingerprint density at radius 1 is 1.20 bits per heavy atom. The molecule has 2 aromatic rings. The fourth-order valence-corrected chi connectivity index (χ4v) is 2.47. The van der Waals surface area contributed by atoms with Crippen molar-refractivity contribution in [1.82, 2.24) is 4.98 Å². The van der Waals surface area contributed by atoms with Crippen molar-refractivity contribution in [3.63, 3.8) is 0 Å². The number of hydrogen-bond acceptors (Lipinski definition) is 3. The van der Waals surface area contributed by atoms with Gasteiger partial charge in [-0.25, -0.2) is 0 Å². The highest BCUT2D eigenvalue weighted by atomic mass is 35.5. The minimum atomic E-state index is -4.52. The standard InChI is InChI=1S/C17H17ClF3N3O/c1-3-24(4-2)13-7-11(9-22-10-13)16(25)23-15-8-12(17(19,20)21)5-6-14(15)18/h5-10H,3-4H2,1-2H3,(H,23,25). The molecule has 0 atom stereocenters. The van der Waals surface area contributed by atoms with Gasteiger partial charge in [0.05, 0.1) is 33.7 Å². The summed E-state index contributed by atoms with van der Waals surface area (Å²) >= 11 is 5.90. The van der Waals surface area contributed by atoms with Gasteiger partial charge in [-0.2, -0.15) is 13.2 Å². The van der Waals surface area contributed by atoms with Gasteiger partial charge in [-0.1, -0.05) is 11.6 Å². The van der Waals surface area contributed by atoms with Gasteiger partial charge in [0.1, 0.15) is 0 Å². The SMILES string of the molecule is CCN(CC)c1cncc(C(=O)Nc2cc(C(F)(F)F)ccc2Cl)c1. The molecule has 1 heterocycles. The van der Waals surface area contributed by atoms with Crippen LogP contribution >= 0.6 is 11.6 Å². The molecular formula is C17H17ClF3N3O. The van der Waals surface area contributed by atoms with Gasteiger partial charge >= 0.3 is 6.18 Å². The van der Waals surface area contributed by atoms with Crippen LogP contribution in [0.5, 0.6) is 0 Å². The molecule has 1 aromatic heterocycles. The van der Waals surface area contributed by atoms with Gasteiger partial charge in [-0.15, -0.1) is 0 Å². The molecule has 0 fully saturated rings. The third-order valence-electron chi connectivity index (χ3n) is 3.66. The fraction of sp³-hybridized carbons (Fsp3) is 0.294. The zero-order chi connectivity index (χ0) is 18.6. The number of nitrogens with one attached hydrogen (secondary N) is 1. The summed E-state index contributed by atoms with van der Waals surface area (Å²) in [6.45, 7) is 5.42. The van der Waals surface area contributed by atoms with Crippen LogP contribution in [0, 0.1) is 0 Å². The van der Waals surface area contributed by atoms with E-state index in [1.165, 1.54) is 6.20 Å². The van der Waals surface area contributed by atoms with Gasteiger partial charge in [-0.05, 0) is 38.1 Å². The second-order valence-electron chi connectivity index (χ2n) is 5.25. The summed E-state index contributed by atoms with van der Waals surface area (Å²) in [6, 6.07) is 4.41. The zero-order valence-electron chi connectivity index (χ0n) is 13.7. The molecule has 1 aromatic carbocycles. The molecule has 8 heteroatoms. The van der Waals surface area contributed by atoms with Crippen molar-refractivity contribution >= 4 is 28.9 Å². The van der Waals surface area contributed by atoms with Crippen LogP contribution in [0.3, 0.4) is 0 Å². The normalized spacial score (nSPS) is 11.3. The van der Waals surface area contributed by atoms with E-state index in [-0.39, 0.29) is 16.3 Å². The van der Waals surface area contributed by atoms with Crippen molar-refractivity contribution in [3.05, 3.63) is 52.8 Å². The summed E-state index contributed by atoms with van der Waals surface area (Å²) in [5.74, 6) is -0.581. The van der Waals surface area contributed by atoms with Gasteiger partial charge in [0, 0.05) is 19.3 Å². The molecule has 1 amide bonds. The minimum absolute atomic E-state index is 0.0224. The highest BCUT2D eigenvalue weighted by Gasteiger charge is 2.31. The van der Waals surface area contributed by atoms with E-state index in [4.69, 9.17) is 11.6 Å².